The first kappa shape index (κ1) is 15.7. The summed E-state index contributed by atoms with van der Waals surface area (Å²) >= 11 is 0. The molecule has 120 valence electrons. The van der Waals surface area contributed by atoms with E-state index in [4.69, 9.17) is 9.72 Å². The van der Waals surface area contributed by atoms with Crippen LogP contribution in [0.5, 0.6) is 0 Å². The quantitative estimate of drug-likeness (QED) is 0.799. The van der Waals surface area contributed by atoms with Gasteiger partial charge in [-0.1, -0.05) is 29.8 Å². The molecule has 0 saturated heterocycles. The number of ether oxygens (including phenoxy) is 1. The summed E-state index contributed by atoms with van der Waals surface area (Å²) in [6.07, 6.45) is 0.910. The van der Waals surface area contributed by atoms with Gasteiger partial charge in [-0.05, 0) is 32.0 Å². The van der Waals surface area contributed by atoms with Crippen molar-refractivity contribution >= 4 is 5.97 Å². The monoisotopic (exact) mass is 310 g/mol. The van der Waals surface area contributed by atoms with E-state index in [-0.39, 0.29) is 5.97 Å². The van der Waals surface area contributed by atoms with Crippen LogP contribution in [-0.4, -0.2) is 36.6 Å². The molecule has 3 rings (SSSR count). The van der Waals surface area contributed by atoms with E-state index in [0.717, 1.165) is 47.6 Å². The number of pyridine rings is 1. The first-order valence-corrected chi connectivity index (χ1v) is 7.87. The SMILES string of the molecule is COC(=O)c1c(C)nc2c(c1-c1ccc(C)cc1)CN(C)CC2. The van der Waals surface area contributed by atoms with E-state index in [0.29, 0.717) is 5.56 Å². The van der Waals surface area contributed by atoms with Crippen LogP contribution in [0.15, 0.2) is 24.3 Å². The number of aryl methyl sites for hydroxylation is 2. The molecule has 0 atom stereocenters. The van der Waals surface area contributed by atoms with Crippen LogP contribution in [0.1, 0.15) is 32.9 Å². The van der Waals surface area contributed by atoms with Gasteiger partial charge in [-0.25, -0.2) is 4.79 Å². The molecule has 0 radical (unpaired) electrons. The second kappa shape index (κ2) is 6.13. The van der Waals surface area contributed by atoms with Crippen LogP contribution >= 0.6 is 0 Å². The lowest BCUT2D eigenvalue weighted by atomic mass is 9.89. The number of carbonyl (C=O) groups excluding carboxylic acids is 1. The highest BCUT2D eigenvalue weighted by Gasteiger charge is 2.26. The highest BCUT2D eigenvalue weighted by atomic mass is 16.5. The molecule has 0 spiro atoms. The van der Waals surface area contributed by atoms with Crippen molar-refractivity contribution in [2.75, 3.05) is 20.7 Å². The zero-order valence-electron chi connectivity index (χ0n) is 14.1. The molecule has 4 heteroatoms. The lowest BCUT2D eigenvalue weighted by molar-refractivity contribution is 0.0600. The summed E-state index contributed by atoms with van der Waals surface area (Å²) < 4.78 is 5.03. The molecule has 1 aromatic carbocycles. The number of esters is 1. The minimum absolute atomic E-state index is 0.318. The van der Waals surface area contributed by atoms with Crippen molar-refractivity contribution in [1.29, 1.82) is 0 Å². The van der Waals surface area contributed by atoms with Gasteiger partial charge in [0, 0.05) is 30.8 Å². The van der Waals surface area contributed by atoms with E-state index < -0.39 is 0 Å². The molecule has 23 heavy (non-hydrogen) atoms. The summed E-state index contributed by atoms with van der Waals surface area (Å²) in [6, 6.07) is 8.30. The number of methoxy groups -OCH3 is 1. The van der Waals surface area contributed by atoms with Gasteiger partial charge in [-0.15, -0.1) is 0 Å². The maximum atomic E-state index is 12.4. The zero-order chi connectivity index (χ0) is 16.6. The van der Waals surface area contributed by atoms with E-state index in [9.17, 15) is 4.79 Å². The van der Waals surface area contributed by atoms with Crippen molar-refractivity contribution in [2.45, 2.75) is 26.8 Å². The van der Waals surface area contributed by atoms with Gasteiger partial charge in [-0.2, -0.15) is 0 Å². The summed E-state index contributed by atoms with van der Waals surface area (Å²) in [7, 11) is 3.52. The van der Waals surface area contributed by atoms with Crippen molar-refractivity contribution < 1.29 is 9.53 Å². The third kappa shape index (κ3) is 2.86. The van der Waals surface area contributed by atoms with Crippen LogP contribution in [0.3, 0.4) is 0 Å². The molecule has 0 bridgehead atoms. The van der Waals surface area contributed by atoms with Crippen molar-refractivity contribution in [3.63, 3.8) is 0 Å². The van der Waals surface area contributed by atoms with Gasteiger partial charge in [0.15, 0.2) is 0 Å². The highest BCUT2D eigenvalue weighted by molar-refractivity contribution is 5.99. The molecule has 2 heterocycles. The number of aromatic nitrogens is 1. The molecule has 0 amide bonds. The molecule has 1 aliphatic heterocycles. The van der Waals surface area contributed by atoms with Crippen LogP contribution in [0.25, 0.3) is 11.1 Å². The van der Waals surface area contributed by atoms with E-state index >= 15 is 0 Å². The fourth-order valence-electron chi connectivity index (χ4n) is 3.22. The van der Waals surface area contributed by atoms with Crippen molar-refractivity contribution in [1.82, 2.24) is 9.88 Å². The second-order valence-corrected chi connectivity index (χ2v) is 6.22. The Morgan fingerprint density at radius 3 is 2.57 bits per heavy atom. The van der Waals surface area contributed by atoms with E-state index in [1.165, 1.54) is 12.7 Å². The average Bonchev–Trinajstić information content (AvgIpc) is 2.54. The average molecular weight is 310 g/mol. The fourth-order valence-corrected chi connectivity index (χ4v) is 3.22. The molecular formula is C19H22N2O2. The Kier molecular flexibility index (Phi) is 4.18. The minimum atomic E-state index is -0.318. The molecule has 4 nitrogen and oxygen atoms in total. The Balaban J connectivity index is 2.30. The fraction of sp³-hybridized carbons (Fsp3) is 0.368. The predicted molar refractivity (Wildman–Crippen MR) is 90.5 cm³/mol. The number of nitrogens with zero attached hydrogens (tertiary/aromatic N) is 2. The van der Waals surface area contributed by atoms with Gasteiger partial charge in [0.2, 0.25) is 0 Å². The molecule has 2 aromatic rings. The predicted octanol–water partition coefficient (Wildman–Crippen LogP) is 3.14. The lowest BCUT2D eigenvalue weighted by Gasteiger charge is -2.28. The minimum Gasteiger partial charge on any atom is -0.465 e. The normalized spacial score (nSPS) is 14.4. The Hall–Kier alpha value is -2.20. The number of rotatable bonds is 2. The van der Waals surface area contributed by atoms with Crippen molar-refractivity contribution in [3.05, 3.63) is 52.3 Å². The van der Waals surface area contributed by atoms with Crippen LogP contribution in [0, 0.1) is 13.8 Å². The molecule has 0 N–H and O–H groups in total. The van der Waals surface area contributed by atoms with Gasteiger partial charge in [0.25, 0.3) is 0 Å². The van der Waals surface area contributed by atoms with Crippen molar-refractivity contribution in [3.8, 4) is 11.1 Å². The Morgan fingerprint density at radius 1 is 1.22 bits per heavy atom. The van der Waals surface area contributed by atoms with Crippen LogP contribution in [0.2, 0.25) is 0 Å². The largest absolute Gasteiger partial charge is 0.465 e. The summed E-state index contributed by atoms with van der Waals surface area (Å²) in [5, 5.41) is 0. The molecule has 0 aliphatic carbocycles. The Bertz CT molecular complexity index is 751. The zero-order valence-corrected chi connectivity index (χ0v) is 14.1. The van der Waals surface area contributed by atoms with E-state index in [2.05, 4.69) is 43.1 Å². The first-order chi connectivity index (χ1) is 11.0. The molecular weight excluding hydrogens is 288 g/mol. The molecule has 0 saturated carbocycles. The summed E-state index contributed by atoms with van der Waals surface area (Å²) in [6.45, 7) is 5.74. The first-order valence-electron chi connectivity index (χ1n) is 7.87. The van der Waals surface area contributed by atoms with Gasteiger partial charge in [0.1, 0.15) is 0 Å². The third-order valence-corrected chi connectivity index (χ3v) is 4.45. The van der Waals surface area contributed by atoms with E-state index in [1.54, 1.807) is 0 Å². The van der Waals surface area contributed by atoms with Crippen LogP contribution in [0.4, 0.5) is 0 Å². The summed E-state index contributed by atoms with van der Waals surface area (Å²) in [5.74, 6) is -0.318. The van der Waals surface area contributed by atoms with Gasteiger partial charge in [0.05, 0.1) is 18.4 Å². The third-order valence-electron chi connectivity index (χ3n) is 4.45. The molecule has 1 aliphatic rings. The smallest absolute Gasteiger partial charge is 0.340 e. The summed E-state index contributed by atoms with van der Waals surface area (Å²) in [5.41, 5.74) is 6.81. The van der Waals surface area contributed by atoms with Crippen LogP contribution < -0.4 is 0 Å². The Morgan fingerprint density at radius 2 is 1.91 bits per heavy atom. The standard InChI is InChI=1S/C19H22N2O2/c1-12-5-7-14(8-6-12)18-15-11-21(3)10-9-16(15)20-13(2)17(18)19(22)23-4/h5-8H,9-11H2,1-4H3. The molecule has 1 aromatic heterocycles. The van der Waals surface area contributed by atoms with E-state index in [1.807, 2.05) is 6.92 Å². The molecule has 0 fully saturated rings. The maximum Gasteiger partial charge on any atom is 0.340 e. The number of hydrogen-bond acceptors (Lipinski definition) is 4. The van der Waals surface area contributed by atoms with Crippen LogP contribution in [-0.2, 0) is 17.7 Å². The number of likely N-dealkylation sites (N-methyl/N-ethyl adjacent to an activating group) is 1. The number of fused-ring (bicyclic) bond motifs is 1. The number of carbonyl (C=O) groups is 1. The second-order valence-electron chi connectivity index (χ2n) is 6.22. The highest BCUT2D eigenvalue weighted by Crippen LogP contribution is 2.34. The molecule has 0 unspecified atom stereocenters. The lowest BCUT2D eigenvalue weighted by Crippen LogP contribution is -2.29. The topological polar surface area (TPSA) is 42.4 Å². The maximum absolute atomic E-state index is 12.4. The summed E-state index contributed by atoms with van der Waals surface area (Å²) in [4.78, 5) is 19.3. The number of benzene rings is 1. The van der Waals surface area contributed by atoms with Crippen molar-refractivity contribution in [2.24, 2.45) is 0 Å². The van der Waals surface area contributed by atoms with Gasteiger partial charge in [-0.3, -0.25) is 4.98 Å². The van der Waals surface area contributed by atoms with Gasteiger partial charge >= 0.3 is 5.97 Å². The Labute approximate surface area is 137 Å². The number of hydrogen-bond donors (Lipinski definition) is 0. The van der Waals surface area contributed by atoms with Gasteiger partial charge < -0.3 is 9.64 Å².